The molecule has 29 heavy (non-hydrogen) atoms. The highest BCUT2D eigenvalue weighted by atomic mass is 35.5. The first-order valence-electron chi connectivity index (χ1n) is 10.2. The van der Waals surface area contributed by atoms with Crippen molar-refractivity contribution in [3.63, 3.8) is 0 Å². The van der Waals surface area contributed by atoms with Crippen LogP contribution in [0.25, 0.3) is 0 Å². The van der Waals surface area contributed by atoms with Crippen molar-refractivity contribution in [3.8, 4) is 0 Å². The van der Waals surface area contributed by atoms with E-state index in [0.29, 0.717) is 27.6 Å². The lowest BCUT2D eigenvalue weighted by atomic mass is 9.84. The molecule has 0 spiro atoms. The van der Waals surface area contributed by atoms with Crippen LogP contribution in [0.3, 0.4) is 0 Å². The molecule has 4 rings (SSSR count). The second kappa shape index (κ2) is 8.48. The number of amides is 1. The lowest BCUT2D eigenvalue weighted by Gasteiger charge is -2.25. The summed E-state index contributed by atoms with van der Waals surface area (Å²) >= 11 is 8.01. The Morgan fingerprint density at radius 3 is 2.69 bits per heavy atom. The number of nitrogens with one attached hydrogen (secondary N) is 1. The Kier molecular flexibility index (Phi) is 5.97. The van der Waals surface area contributed by atoms with E-state index in [1.807, 2.05) is 0 Å². The van der Waals surface area contributed by atoms with Gasteiger partial charge in [0.1, 0.15) is 22.0 Å². The molecular weight excluding hydrogens is 412 g/mol. The molecule has 2 aromatic heterocycles. The number of methoxy groups -OCH3 is 1. The molecule has 2 aliphatic rings. The average Bonchev–Trinajstić information content (AvgIpc) is 3.27. The number of ether oxygens (including phenoxy) is 1. The van der Waals surface area contributed by atoms with Gasteiger partial charge in [0.25, 0.3) is 5.91 Å². The lowest BCUT2D eigenvalue weighted by molar-refractivity contribution is 0.0601. The number of aryl methyl sites for hydroxylation is 2. The maximum absolute atomic E-state index is 13.2. The fourth-order valence-corrected chi connectivity index (χ4v) is 6.12. The monoisotopic (exact) mass is 436 g/mol. The van der Waals surface area contributed by atoms with Crippen LogP contribution in [0.2, 0.25) is 0 Å². The minimum Gasteiger partial charge on any atom is -0.465 e. The predicted molar refractivity (Wildman–Crippen MR) is 112 cm³/mol. The van der Waals surface area contributed by atoms with Crippen LogP contribution in [0.5, 0.6) is 0 Å². The molecule has 8 heteroatoms. The van der Waals surface area contributed by atoms with Gasteiger partial charge in [0, 0.05) is 16.2 Å². The van der Waals surface area contributed by atoms with Gasteiger partial charge in [-0.05, 0) is 51.0 Å². The van der Waals surface area contributed by atoms with Gasteiger partial charge in [-0.3, -0.25) is 4.79 Å². The number of carbonyl (C=O) groups is 2. The summed E-state index contributed by atoms with van der Waals surface area (Å²) in [6.07, 6.45) is 7.83. The number of aromatic nitrogens is 1. The molecule has 2 unspecified atom stereocenters. The SMILES string of the molecule is COC(=O)c1c(NC(=O)c2c(C3CCCCC3Cl)noc2C)sc2c1CCCC2. The molecule has 2 heterocycles. The molecule has 1 fully saturated rings. The van der Waals surface area contributed by atoms with Gasteiger partial charge in [0.15, 0.2) is 0 Å². The minimum atomic E-state index is -0.407. The fourth-order valence-electron chi connectivity index (χ4n) is 4.45. The Bertz CT molecular complexity index is 936. The molecule has 156 valence electrons. The van der Waals surface area contributed by atoms with Crippen molar-refractivity contribution in [1.29, 1.82) is 0 Å². The molecule has 1 saturated carbocycles. The topological polar surface area (TPSA) is 81.4 Å². The van der Waals surface area contributed by atoms with Crippen LogP contribution in [0.4, 0.5) is 5.00 Å². The highest BCUT2D eigenvalue weighted by Gasteiger charge is 2.34. The third-order valence-electron chi connectivity index (χ3n) is 5.94. The van der Waals surface area contributed by atoms with E-state index in [4.69, 9.17) is 20.9 Å². The number of carbonyl (C=O) groups excluding carboxylic acids is 2. The minimum absolute atomic E-state index is 0.000218. The summed E-state index contributed by atoms with van der Waals surface area (Å²) in [6, 6.07) is 0. The van der Waals surface area contributed by atoms with Gasteiger partial charge in [-0.1, -0.05) is 18.0 Å². The largest absolute Gasteiger partial charge is 0.465 e. The lowest BCUT2D eigenvalue weighted by Crippen LogP contribution is -2.22. The van der Waals surface area contributed by atoms with Crippen LogP contribution < -0.4 is 5.32 Å². The quantitative estimate of drug-likeness (QED) is 0.524. The van der Waals surface area contributed by atoms with E-state index < -0.39 is 5.97 Å². The van der Waals surface area contributed by atoms with Crippen molar-refractivity contribution in [2.24, 2.45) is 0 Å². The Morgan fingerprint density at radius 2 is 1.93 bits per heavy atom. The number of nitrogens with zero attached hydrogens (tertiary/aromatic N) is 1. The van der Waals surface area contributed by atoms with Crippen LogP contribution in [0.15, 0.2) is 4.52 Å². The first-order valence-corrected chi connectivity index (χ1v) is 11.4. The molecule has 0 aliphatic heterocycles. The maximum Gasteiger partial charge on any atom is 0.341 e. The van der Waals surface area contributed by atoms with Crippen molar-refractivity contribution >= 4 is 39.8 Å². The van der Waals surface area contributed by atoms with E-state index in [0.717, 1.165) is 61.8 Å². The maximum atomic E-state index is 13.2. The van der Waals surface area contributed by atoms with Gasteiger partial charge in [0.2, 0.25) is 0 Å². The van der Waals surface area contributed by atoms with E-state index in [1.54, 1.807) is 6.92 Å². The third kappa shape index (κ3) is 3.82. The number of anilines is 1. The summed E-state index contributed by atoms with van der Waals surface area (Å²) in [6.45, 7) is 1.73. The predicted octanol–water partition coefficient (Wildman–Crippen LogP) is 5.23. The zero-order chi connectivity index (χ0) is 20.5. The Morgan fingerprint density at radius 1 is 1.17 bits per heavy atom. The summed E-state index contributed by atoms with van der Waals surface area (Å²) in [5, 5.41) is 7.63. The number of thiophene rings is 1. The van der Waals surface area contributed by atoms with Gasteiger partial charge in [-0.25, -0.2) is 4.79 Å². The third-order valence-corrected chi connectivity index (χ3v) is 7.67. The van der Waals surface area contributed by atoms with Crippen molar-refractivity contribution in [1.82, 2.24) is 5.16 Å². The van der Waals surface area contributed by atoms with Crippen molar-refractivity contribution in [2.75, 3.05) is 12.4 Å². The van der Waals surface area contributed by atoms with Crippen molar-refractivity contribution in [3.05, 3.63) is 33.0 Å². The van der Waals surface area contributed by atoms with Crippen LogP contribution in [-0.4, -0.2) is 29.5 Å². The zero-order valence-electron chi connectivity index (χ0n) is 16.7. The molecule has 6 nitrogen and oxygen atoms in total. The zero-order valence-corrected chi connectivity index (χ0v) is 18.3. The number of rotatable bonds is 4. The molecule has 2 aromatic rings. The molecule has 0 bridgehead atoms. The van der Waals surface area contributed by atoms with E-state index in [-0.39, 0.29) is 17.2 Å². The highest BCUT2D eigenvalue weighted by Crippen LogP contribution is 2.41. The second-order valence-corrected chi connectivity index (χ2v) is 9.43. The molecule has 2 aliphatic carbocycles. The number of alkyl halides is 1. The fraction of sp³-hybridized carbons (Fsp3) is 0.571. The number of esters is 1. The first-order chi connectivity index (χ1) is 14.0. The van der Waals surface area contributed by atoms with E-state index in [1.165, 1.54) is 18.4 Å². The summed E-state index contributed by atoms with van der Waals surface area (Å²) in [7, 11) is 1.37. The van der Waals surface area contributed by atoms with Gasteiger partial charge in [-0.15, -0.1) is 22.9 Å². The number of fused-ring (bicyclic) bond motifs is 1. The standard InChI is InChI=1S/C21H25ClN2O4S/c1-11-16(18(24-28-11)12-7-3-5-9-14(12)22)19(25)23-20-17(21(26)27-2)13-8-4-6-10-15(13)29-20/h12,14H,3-10H2,1-2H3,(H,23,25). The Balaban J connectivity index is 1.67. The van der Waals surface area contributed by atoms with E-state index in [9.17, 15) is 9.59 Å². The van der Waals surface area contributed by atoms with Crippen LogP contribution in [-0.2, 0) is 17.6 Å². The molecular formula is C21H25ClN2O4S. The molecule has 0 radical (unpaired) electrons. The van der Waals surface area contributed by atoms with Gasteiger partial charge in [0.05, 0.1) is 12.7 Å². The normalized spacial score (nSPS) is 21.5. The Labute approximate surface area is 178 Å². The molecule has 0 aromatic carbocycles. The summed E-state index contributed by atoms with van der Waals surface area (Å²) in [4.78, 5) is 26.8. The van der Waals surface area contributed by atoms with Crippen LogP contribution >= 0.6 is 22.9 Å². The summed E-state index contributed by atoms with van der Waals surface area (Å²) < 4.78 is 10.4. The average molecular weight is 437 g/mol. The first kappa shape index (κ1) is 20.4. The van der Waals surface area contributed by atoms with Crippen molar-refractivity contribution in [2.45, 2.75) is 69.6 Å². The van der Waals surface area contributed by atoms with Crippen LogP contribution in [0.1, 0.15) is 87.1 Å². The Hall–Kier alpha value is -1.86. The number of hydrogen-bond donors (Lipinski definition) is 1. The van der Waals surface area contributed by atoms with Gasteiger partial charge in [-0.2, -0.15) is 0 Å². The molecule has 2 atom stereocenters. The van der Waals surface area contributed by atoms with E-state index >= 15 is 0 Å². The highest BCUT2D eigenvalue weighted by molar-refractivity contribution is 7.17. The smallest absolute Gasteiger partial charge is 0.341 e. The summed E-state index contributed by atoms with van der Waals surface area (Å²) in [5.41, 5.74) is 2.56. The van der Waals surface area contributed by atoms with Crippen LogP contribution in [0, 0.1) is 6.92 Å². The van der Waals surface area contributed by atoms with Gasteiger partial charge >= 0.3 is 5.97 Å². The van der Waals surface area contributed by atoms with Gasteiger partial charge < -0.3 is 14.6 Å². The molecule has 1 amide bonds. The second-order valence-electron chi connectivity index (χ2n) is 7.77. The number of halogens is 1. The van der Waals surface area contributed by atoms with Crippen molar-refractivity contribution < 1.29 is 18.8 Å². The molecule has 1 N–H and O–H groups in total. The molecule has 0 saturated heterocycles. The van der Waals surface area contributed by atoms with E-state index in [2.05, 4.69) is 10.5 Å². The summed E-state index contributed by atoms with van der Waals surface area (Å²) in [5.74, 6) is -0.250. The number of hydrogen-bond acceptors (Lipinski definition) is 6.